The number of aryl methyl sites for hydroxylation is 1. The van der Waals surface area contributed by atoms with Crippen molar-refractivity contribution >= 4 is 17.2 Å². The molecule has 122 valence electrons. The minimum Gasteiger partial charge on any atom is -0.335 e. The highest BCUT2D eigenvalue weighted by Crippen LogP contribution is 2.34. The lowest BCUT2D eigenvalue weighted by Gasteiger charge is -2.20. The standard InChI is InChI=1S/C18H21FN2OS/c1-11-7-16(18(22)21-10-13(9-20)8-12(21)2)23-17(11)14-3-5-15(19)6-4-14/h3-7,12-13H,8-10,20H2,1-2H3. The molecule has 3 rings (SSSR count). The molecule has 1 saturated heterocycles. The van der Waals surface area contributed by atoms with E-state index in [4.69, 9.17) is 5.73 Å². The first-order valence-electron chi connectivity index (χ1n) is 7.87. The van der Waals surface area contributed by atoms with Crippen molar-refractivity contribution in [2.24, 2.45) is 11.7 Å². The SMILES string of the molecule is Cc1cc(C(=O)N2CC(CN)CC2C)sc1-c1ccc(F)cc1. The van der Waals surface area contributed by atoms with Crippen molar-refractivity contribution in [3.05, 3.63) is 46.6 Å². The summed E-state index contributed by atoms with van der Waals surface area (Å²) in [5.41, 5.74) is 7.74. The molecule has 1 fully saturated rings. The molecule has 2 atom stereocenters. The maximum Gasteiger partial charge on any atom is 0.264 e. The van der Waals surface area contributed by atoms with Crippen LogP contribution in [0.3, 0.4) is 0 Å². The van der Waals surface area contributed by atoms with Gasteiger partial charge < -0.3 is 10.6 Å². The molecule has 2 unspecified atom stereocenters. The molecule has 23 heavy (non-hydrogen) atoms. The number of amides is 1. The van der Waals surface area contributed by atoms with Gasteiger partial charge >= 0.3 is 0 Å². The van der Waals surface area contributed by atoms with Crippen LogP contribution >= 0.6 is 11.3 Å². The Bertz CT molecular complexity index is 710. The number of likely N-dealkylation sites (tertiary alicyclic amines) is 1. The molecule has 0 spiro atoms. The van der Waals surface area contributed by atoms with Gasteiger partial charge in [0.2, 0.25) is 0 Å². The molecule has 2 heterocycles. The van der Waals surface area contributed by atoms with Crippen LogP contribution in [0.25, 0.3) is 10.4 Å². The van der Waals surface area contributed by atoms with E-state index in [1.165, 1.54) is 23.5 Å². The first kappa shape index (κ1) is 16.1. The van der Waals surface area contributed by atoms with E-state index in [0.717, 1.165) is 33.8 Å². The van der Waals surface area contributed by atoms with Crippen LogP contribution in [0.15, 0.2) is 30.3 Å². The number of carbonyl (C=O) groups is 1. The summed E-state index contributed by atoms with van der Waals surface area (Å²) in [5, 5.41) is 0. The highest BCUT2D eigenvalue weighted by Gasteiger charge is 2.33. The fourth-order valence-corrected chi connectivity index (χ4v) is 4.35. The summed E-state index contributed by atoms with van der Waals surface area (Å²) in [5.74, 6) is 0.222. The van der Waals surface area contributed by atoms with Crippen LogP contribution in [0.5, 0.6) is 0 Å². The van der Waals surface area contributed by atoms with Crippen LogP contribution in [-0.4, -0.2) is 29.9 Å². The second-order valence-electron chi connectivity index (χ2n) is 6.27. The van der Waals surface area contributed by atoms with E-state index >= 15 is 0 Å². The molecule has 1 aliphatic heterocycles. The summed E-state index contributed by atoms with van der Waals surface area (Å²) >= 11 is 1.48. The van der Waals surface area contributed by atoms with Crippen molar-refractivity contribution in [2.75, 3.05) is 13.1 Å². The Hall–Kier alpha value is -1.72. The van der Waals surface area contributed by atoms with Crippen LogP contribution in [0, 0.1) is 18.7 Å². The largest absolute Gasteiger partial charge is 0.335 e. The second-order valence-corrected chi connectivity index (χ2v) is 7.33. The number of halogens is 1. The zero-order valence-corrected chi connectivity index (χ0v) is 14.2. The van der Waals surface area contributed by atoms with Gasteiger partial charge in [-0.1, -0.05) is 12.1 Å². The third-order valence-electron chi connectivity index (χ3n) is 4.49. The molecule has 3 nitrogen and oxygen atoms in total. The molecule has 2 N–H and O–H groups in total. The lowest BCUT2D eigenvalue weighted by atomic mass is 10.1. The predicted molar refractivity (Wildman–Crippen MR) is 92.1 cm³/mol. The first-order valence-corrected chi connectivity index (χ1v) is 8.68. The second kappa shape index (κ2) is 6.42. The molecule has 1 aliphatic rings. The van der Waals surface area contributed by atoms with Gasteiger partial charge in [-0.2, -0.15) is 0 Å². The summed E-state index contributed by atoms with van der Waals surface area (Å²) in [6, 6.07) is 8.58. The average molecular weight is 332 g/mol. The van der Waals surface area contributed by atoms with Crippen LogP contribution < -0.4 is 5.73 Å². The normalized spacial score (nSPS) is 21.0. The van der Waals surface area contributed by atoms with Crippen LogP contribution in [0.1, 0.15) is 28.6 Å². The highest BCUT2D eigenvalue weighted by atomic mass is 32.1. The van der Waals surface area contributed by atoms with Crippen LogP contribution in [0.2, 0.25) is 0 Å². The summed E-state index contributed by atoms with van der Waals surface area (Å²) in [7, 11) is 0. The lowest BCUT2D eigenvalue weighted by molar-refractivity contribution is 0.0748. The quantitative estimate of drug-likeness (QED) is 0.932. The zero-order valence-electron chi connectivity index (χ0n) is 13.4. The minimum atomic E-state index is -0.252. The molecule has 2 aromatic rings. The van der Waals surface area contributed by atoms with Gasteiger partial charge in [0.25, 0.3) is 5.91 Å². The third kappa shape index (κ3) is 3.16. The van der Waals surface area contributed by atoms with Crippen molar-refractivity contribution in [3.8, 4) is 10.4 Å². The Morgan fingerprint density at radius 2 is 2.09 bits per heavy atom. The fourth-order valence-electron chi connectivity index (χ4n) is 3.21. The number of hydrogen-bond donors (Lipinski definition) is 1. The van der Waals surface area contributed by atoms with E-state index in [-0.39, 0.29) is 17.8 Å². The first-order chi connectivity index (χ1) is 11.0. The van der Waals surface area contributed by atoms with Gasteiger partial charge in [-0.15, -0.1) is 11.3 Å². The molecule has 5 heteroatoms. The molecule has 0 bridgehead atoms. The molecule has 0 saturated carbocycles. The zero-order chi connectivity index (χ0) is 16.6. The van der Waals surface area contributed by atoms with E-state index in [0.29, 0.717) is 12.5 Å². The van der Waals surface area contributed by atoms with Gasteiger partial charge in [0.1, 0.15) is 5.82 Å². The van der Waals surface area contributed by atoms with Crippen molar-refractivity contribution in [1.82, 2.24) is 4.90 Å². The number of carbonyl (C=O) groups excluding carboxylic acids is 1. The number of nitrogens with zero attached hydrogens (tertiary/aromatic N) is 1. The number of hydrogen-bond acceptors (Lipinski definition) is 3. The van der Waals surface area contributed by atoms with Gasteiger partial charge in [0.15, 0.2) is 0 Å². The molecule has 0 aliphatic carbocycles. The lowest BCUT2D eigenvalue weighted by Crippen LogP contribution is -2.33. The fraction of sp³-hybridized carbons (Fsp3) is 0.389. The Balaban J connectivity index is 1.86. The number of rotatable bonds is 3. The average Bonchev–Trinajstić information content (AvgIpc) is 3.10. The van der Waals surface area contributed by atoms with E-state index < -0.39 is 0 Å². The maximum atomic E-state index is 13.1. The van der Waals surface area contributed by atoms with Crippen molar-refractivity contribution < 1.29 is 9.18 Å². The van der Waals surface area contributed by atoms with Gasteiger partial charge in [-0.25, -0.2) is 4.39 Å². The number of thiophene rings is 1. The van der Waals surface area contributed by atoms with Gasteiger partial charge in [-0.05, 0) is 62.1 Å². The van der Waals surface area contributed by atoms with E-state index in [9.17, 15) is 9.18 Å². The summed E-state index contributed by atoms with van der Waals surface area (Å²) < 4.78 is 13.1. The Morgan fingerprint density at radius 1 is 1.39 bits per heavy atom. The summed E-state index contributed by atoms with van der Waals surface area (Å²) in [6.07, 6.45) is 0.970. The Labute approximate surface area is 139 Å². The minimum absolute atomic E-state index is 0.0786. The monoisotopic (exact) mass is 332 g/mol. The summed E-state index contributed by atoms with van der Waals surface area (Å²) in [6.45, 7) is 5.43. The van der Waals surface area contributed by atoms with Crippen molar-refractivity contribution in [2.45, 2.75) is 26.3 Å². The maximum absolute atomic E-state index is 13.1. The smallest absolute Gasteiger partial charge is 0.264 e. The number of nitrogens with two attached hydrogens (primary N) is 1. The molecular weight excluding hydrogens is 311 g/mol. The predicted octanol–water partition coefficient (Wildman–Crippen LogP) is 3.67. The van der Waals surface area contributed by atoms with Gasteiger partial charge in [-0.3, -0.25) is 4.79 Å². The van der Waals surface area contributed by atoms with Crippen LogP contribution in [0.4, 0.5) is 4.39 Å². The van der Waals surface area contributed by atoms with E-state index in [1.54, 1.807) is 12.1 Å². The van der Waals surface area contributed by atoms with Crippen molar-refractivity contribution in [3.63, 3.8) is 0 Å². The topological polar surface area (TPSA) is 46.3 Å². The van der Waals surface area contributed by atoms with Crippen LogP contribution in [-0.2, 0) is 0 Å². The highest BCUT2D eigenvalue weighted by molar-refractivity contribution is 7.17. The molecule has 0 radical (unpaired) electrons. The molecule has 1 amide bonds. The van der Waals surface area contributed by atoms with E-state index in [2.05, 4.69) is 6.92 Å². The molecular formula is C18H21FN2OS. The Kier molecular flexibility index (Phi) is 4.50. The van der Waals surface area contributed by atoms with E-state index in [1.807, 2.05) is 17.9 Å². The number of benzene rings is 1. The molecule has 1 aromatic heterocycles. The van der Waals surface area contributed by atoms with Gasteiger partial charge in [0.05, 0.1) is 4.88 Å². The van der Waals surface area contributed by atoms with Gasteiger partial charge in [0, 0.05) is 17.5 Å². The molecule has 1 aromatic carbocycles. The third-order valence-corrected chi connectivity index (χ3v) is 5.76. The van der Waals surface area contributed by atoms with Crippen molar-refractivity contribution in [1.29, 1.82) is 0 Å². The summed E-state index contributed by atoms with van der Waals surface area (Å²) in [4.78, 5) is 16.5. The Morgan fingerprint density at radius 3 is 2.70 bits per heavy atom.